The van der Waals surface area contributed by atoms with Gasteiger partial charge in [0.05, 0.1) is 17.4 Å². The number of hydrogen-bond acceptors (Lipinski definition) is 3. The third-order valence-corrected chi connectivity index (χ3v) is 5.19. The van der Waals surface area contributed by atoms with E-state index in [1.54, 1.807) is 0 Å². The van der Waals surface area contributed by atoms with Crippen LogP contribution in [0.25, 0.3) is 0 Å². The number of rotatable bonds is 4. The fourth-order valence-corrected chi connectivity index (χ4v) is 3.58. The highest BCUT2D eigenvalue weighted by Gasteiger charge is 2.33. The van der Waals surface area contributed by atoms with E-state index in [2.05, 4.69) is 48.5 Å². The van der Waals surface area contributed by atoms with Crippen LogP contribution in [0.15, 0.2) is 30.5 Å². The summed E-state index contributed by atoms with van der Waals surface area (Å²) in [5, 5.41) is 13.2. The molecule has 0 radical (unpaired) electrons. The first-order valence-corrected chi connectivity index (χ1v) is 9.20. The van der Waals surface area contributed by atoms with Gasteiger partial charge in [-0.25, -0.2) is 4.68 Å². The Morgan fingerprint density at radius 3 is 2.38 bits per heavy atom. The minimum Gasteiger partial charge on any atom is -0.302 e. The molecule has 1 aliphatic carbocycles. The van der Waals surface area contributed by atoms with Gasteiger partial charge in [0, 0.05) is 17.1 Å². The Balaban J connectivity index is 1.78. The second-order valence-corrected chi connectivity index (χ2v) is 8.26. The SMILES string of the molecule is CC(C)(C)n1cc(CNC2(c3ccc(Cl)cc3)CCCCC2)nn1. The van der Waals surface area contributed by atoms with Crippen molar-refractivity contribution in [2.75, 3.05) is 0 Å². The molecule has 5 heteroatoms. The van der Waals surface area contributed by atoms with Crippen LogP contribution >= 0.6 is 11.6 Å². The number of halogens is 1. The smallest absolute Gasteiger partial charge is 0.0965 e. The second-order valence-electron chi connectivity index (χ2n) is 7.83. The third-order valence-electron chi connectivity index (χ3n) is 4.94. The zero-order valence-corrected chi connectivity index (χ0v) is 15.6. The Hall–Kier alpha value is -1.39. The maximum atomic E-state index is 6.07. The second kappa shape index (κ2) is 6.85. The van der Waals surface area contributed by atoms with E-state index in [1.807, 2.05) is 23.0 Å². The van der Waals surface area contributed by atoms with Crippen molar-refractivity contribution in [1.82, 2.24) is 20.3 Å². The lowest BCUT2D eigenvalue weighted by Crippen LogP contribution is -2.43. The van der Waals surface area contributed by atoms with E-state index in [9.17, 15) is 0 Å². The van der Waals surface area contributed by atoms with Crippen LogP contribution in [0, 0.1) is 0 Å². The molecular weight excluding hydrogens is 320 g/mol. The van der Waals surface area contributed by atoms with Crippen molar-refractivity contribution in [2.24, 2.45) is 0 Å². The van der Waals surface area contributed by atoms with Gasteiger partial charge in [-0.05, 0) is 51.3 Å². The van der Waals surface area contributed by atoms with Crippen LogP contribution in [0.2, 0.25) is 5.02 Å². The Kier molecular flexibility index (Phi) is 4.97. The number of aromatic nitrogens is 3. The highest BCUT2D eigenvalue weighted by atomic mass is 35.5. The predicted octanol–water partition coefficient (Wildman–Crippen LogP) is 4.64. The maximum absolute atomic E-state index is 6.07. The highest BCUT2D eigenvalue weighted by molar-refractivity contribution is 6.30. The molecule has 3 rings (SSSR count). The molecule has 0 atom stereocenters. The monoisotopic (exact) mass is 346 g/mol. The normalized spacial score (nSPS) is 17.8. The lowest BCUT2D eigenvalue weighted by Gasteiger charge is -2.39. The Morgan fingerprint density at radius 1 is 1.12 bits per heavy atom. The van der Waals surface area contributed by atoms with Gasteiger partial charge < -0.3 is 5.32 Å². The van der Waals surface area contributed by atoms with Crippen LogP contribution in [0.3, 0.4) is 0 Å². The molecule has 1 aliphatic rings. The molecule has 0 spiro atoms. The molecular formula is C19H27ClN4. The lowest BCUT2D eigenvalue weighted by molar-refractivity contribution is 0.230. The van der Waals surface area contributed by atoms with Gasteiger partial charge >= 0.3 is 0 Å². The van der Waals surface area contributed by atoms with Crippen LogP contribution in [-0.4, -0.2) is 15.0 Å². The minimum atomic E-state index is -0.0377. The van der Waals surface area contributed by atoms with Gasteiger partial charge in [0.15, 0.2) is 0 Å². The molecule has 1 saturated carbocycles. The molecule has 130 valence electrons. The Labute approximate surface area is 149 Å². The summed E-state index contributed by atoms with van der Waals surface area (Å²) < 4.78 is 1.93. The van der Waals surface area contributed by atoms with Crippen molar-refractivity contribution in [3.63, 3.8) is 0 Å². The minimum absolute atomic E-state index is 0.0222. The summed E-state index contributed by atoms with van der Waals surface area (Å²) in [7, 11) is 0. The number of hydrogen-bond donors (Lipinski definition) is 1. The molecule has 1 fully saturated rings. The van der Waals surface area contributed by atoms with Crippen molar-refractivity contribution in [3.05, 3.63) is 46.7 Å². The van der Waals surface area contributed by atoms with Gasteiger partial charge in [-0.15, -0.1) is 5.10 Å². The predicted molar refractivity (Wildman–Crippen MR) is 98.1 cm³/mol. The molecule has 24 heavy (non-hydrogen) atoms. The van der Waals surface area contributed by atoms with Crippen LogP contribution in [0.5, 0.6) is 0 Å². The number of nitrogens with one attached hydrogen (secondary N) is 1. The van der Waals surface area contributed by atoms with Crippen molar-refractivity contribution in [1.29, 1.82) is 0 Å². The van der Waals surface area contributed by atoms with Crippen molar-refractivity contribution >= 4 is 11.6 Å². The lowest BCUT2D eigenvalue weighted by atomic mass is 9.76. The van der Waals surface area contributed by atoms with Gasteiger partial charge in [-0.2, -0.15) is 0 Å². The Morgan fingerprint density at radius 2 is 1.79 bits per heavy atom. The van der Waals surface area contributed by atoms with Gasteiger partial charge in [-0.1, -0.05) is 48.2 Å². The molecule has 1 aromatic carbocycles. The number of benzene rings is 1. The molecule has 1 heterocycles. The highest BCUT2D eigenvalue weighted by Crippen LogP contribution is 2.37. The van der Waals surface area contributed by atoms with E-state index in [1.165, 1.54) is 24.8 Å². The van der Waals surface area contributed by atoms with E-state index >= 15 is 0 Å². The summed E-state index contributed by atoms with van der Waals surface area (Å²) in [5.74, 6) is 0. The van der Waals surface area contributed by atoms with Crippen molar-refractivity contribution in [3.8, 4) is 0 Å². The number of nitrogens with zero attached hydrogens (tertiary/aromatic N) is 3. The van der Waals surface area contributed by atoms with E-state index in [4.69, 9.17) is 11.6 Å². The summed E-state index contributed by atoms with van der Waals surface area (Å²) in [5.41, 5.74) is 2.30. The van der Waals surface area contributed by atoms with Crippen molar-refractivity contribution < 1.29 is 0 Å². The first kappa shape index (κ1) is 17.4. The molecule has 4 nitrogen and oxygen atoms in total. The van der Waals surface area contributed by atoms with Gasteiger partial charge in [0.1, 0.15) is 0 Å². The van der Waals surface area contributed by atoms with E-state index < -0.39 is 0 Å². The average Bonchev–Trinajstić information content (AvgIpc) is 3.04. The van der Waals surface area contributed by atoms with Crippen LogP contribution in [0.4, 0.5) is 0 Å². The van der Waals surface area contributed by atoms with E-state index in [0.717, 1.165) is 30.1 Å². The summed E-state index contributed by atoms with van der Waals surface area (Å²) in [6, 6.07) is 8.30. The topological polar surface area (TPSA) is 42.7 Å². The molecule has 2 aromatic rings. The van der Waals surface area contributed by atoms with Crippen LogP contribution in [0.1, 0.15) is 64.1 Å². The van der Waals surface area contributed by atoms with Crippen LogP contribution in [-0.2, 0) is 17.6 Å². The largest absolute Gasteiger partial charge is 0.302 e. The standard InChI is InChI=1S/C19H27ClN4/c1-18(2,3)24-14-17(22-23-24)13-21-19(11-5-4-6-12-19)15-7-9-16(20)10-8-15/h7-10,14,21H,4-6,11-13H2,1-3H3. The molecule has 0 unspecified atom stereocenters. The molecule has 0 saturated heterocycles. The van der Waals surface area contributed by atoms with Gasteiger partial charge in [0.2, 0.25) is 0 Å². The van der Waals surface area contributed by atoms with E-state index in [0.29, 0.717) is 0 Å². The molecule has 1 N–H and O–H groups in total. The van der Waals surface area contributed by atoms with Gasteiger partial charge in [0.25, 0.3) is 0 Å². The van der Waals surface area contributed by atoms with Crippen LogP contribution < -0.4 is 5.32 Å². The third kappa shape index (κ3) is 3.81. The molecule has 1 aromatic heterocycles. The molecule has 0 amide bonds. The zero-order valence-electron chi connectivity index (χ0n) is 14.8. The quantitative estimate of drug-likeness (QED) is 0.877. The molecule has 0 bridgehead atoms. The summed E-state index contributed by atoms with van der Waals surface area (Å²) in [6.45, 7) is 7.14. The summed E-state index contributed by atoms with van der Waals surface area (Å²) >= 11 is 6.07. The van der Waals surface area contributed by atoms with Crippen molar-refractivity contribution in [2.45, 2.75) is 70.5 Å². The van der Waals surface area contributed by atoms with Gasteiger partial charge in [-0.3, -0.25) is 0 Å². The first-order chi connectivity index (χ1) is 11.4. The average molecular weight is 347 g/mol. The first-order valence-electron chi connectivity index (χ1n) is 8.82. The zero-order chi connectivity index (χ0) is 17.2. The fraction of sp³-hybridized carbons (Fsp3) is 0.579. The summed E-state index contributed by atoms with van der Waals surface area (Å²) in [4.78, 5) is 0. The Bertz CT molecular complexity index is 663. The molecule has 0 aliphatic heterocycles. The van der Waals surface area contributed by atoms with E-state index in [-0.39, 0.29) is 11.1 Å². The summed E-state index contributed by atoms with van der Waals surface area (Å²) in [6.07, 6.45) is 8.18. The fourth-order valence-electron chi connectivity index (χ4n) is 3.46. The maximum Gasteiger partial charge on any atom is 0.0965 e.